The van der Waals surface area contributed by atoms with Crippen LogP contribution in [0.3, 0.4) is 0 Å². The average molecular weight is 250 g/mol. The van der Waals surface area contributed by atoms with Gasteiger partial charge in [-0.1, -0.05) is 27.2 Å². The first kappa shape index (κ1) is 12.2. The Labute approximate surface area is 108 Å². The highest BCUT2D eigenvalue weighted by Crippen LogP contribution is 2.61. The minimum absolute atomic E-state index is 0.0547. The van der Waals surface area contributed by atoms with E-state index in [1.54, 1.807) is 0 Å². The third-order valence-corrected chi connectivity index (χ3v) is 5.57. The second-order valence-electron chi connectivity index (χ2n) is 7.00. The van der Waals surface area contributed by atoms with Crippen LogP contribution in [0.2, 0.25) is 0 Å². The maximum Gasteiger partial charge on any atom is 0.336 e. The fourth-order valence-corrected chi connectivity index (χ4v) is 4.80. The Morgan fingerprint density at radius 1 is 1.28 bits per heavy atom. The van der Waals surface area contributed by atoms with Gasteiger partial charge < -0.3 is 9.84 Å². The number of ether oxygens (including phenoxy) is 1. The van der Waals surface area contributed by atoms with Crippen molar-refractivity contribution in [1.29, 1.82) is 0 Å². The second kappa shape index (κ2) is 3.60. The molecule has 0 amide bonds. The highest BCUT2D eigenvalue weighted by atomic mass is 16.6. The molecule has 0 radical (unpaired) electrons. The Hall–Kier alpha value is -0.830. The number of aliphatic hydroxyl groups excluding tert-OH is 1. The normalized spacial score (nSPS) is 42.3. The molecule has 100 valence electrons. The van der Waals surface area contributed by atoms with E-state index in [4.69, 9.17) is 4.74 Å². The largest absolute Gasteiger partial charge is 0.428 e. The van der Waals surface area contributed by atoms with Crippen LogP contribution in [-0.4, -0.2) is 17.4 Å². The summed E-state index contributed by atoms with van der Waals surface area (Å²) in [7, 11) is 0. The number of cyclic esters (lactones) is 1. The quantitative estimate of drug-likeness (QED) is 0.672. The van der Waals surface area contributed by atoms with Crippen LogP contribution in [0.5, 0.6) is 0 Å². The van der Waals surface area contributed by atoms with Crippen molar-refractivity contribution in [3.8, 4) is 0 Å². The summed E-state index contributed by atoms with van der Waals surface area (Å²) in [6, 6.07) is 0. The van der Waals surface area contributed by atoms with Gasteiger partial charge in [0.05, 0.1) is 0 Å². The first-order chi connectivity index (χ1) is 8.36. The molecule has 0 aromatic heterocycles. The van der Waals surface area contributed by atoms with Crippen LogP contribution in [-0.2, 0) is 9.53 Å². The summed E-state index contributed by atoms with van der Waals surface area (Å²) >= 11 is 0. The van der Waals surface area contributed by atoms with Gasteiger partial charge in [-0.3, -0.25) is 0 Å². The number of rotatable bonds is 0. The van der Waals surface area contributed by atoms with Crippen LogP contribution >= 0.6 is 0 Å². The lowest BCUT2D eigenvalue weighted by atomic mass is 9.50. The number of esters is 1. The molecule has 1 aliphatic heterocycles. The molecular formula is C15H22O3. The first-order valence-electron chi connectivity index (χ1n) is 6.99. The van der Waals surface area contributed by atoms with E-state index in [1.807, 2.05) is 0 Å². The van der Waals surface area contributed by atoms with Gasteiger partial charge >= 0.3 is 5.97 Å². The lowest BCUT2D eigenvalue weighted by Gasteiger charge is -2.54. The SMILES string of the molecule is CC1(C)CCCC2(C)C3=C(CCC12)C(=O)OC3O. The standard InChI is InChI=1S/C15H22O3/c1-14(2)7-4-8-15(3)10(14)6-5-9-11(15)13(17)18-12(9)16/h10,13,17H,4-8H2,1-3H3. The summed E-state index contributed by atoms with van der Waals surface area (Å²) in [6.07, 6.45) is 4.29. The van der Waals surface area contributed by atoms with Crippen LogP contribution in [0.25, 0.3) is 0 Å². The van der Waals surface area contributed by atoms with Crippen molar-refractivity contribution < 1.29 is 14.6 Å². The van der Waals surface area contributed by atoms with E-state index in [-0.39, 0.29) is 16.8 Å². The van der Waals surface area contributed by atoms with Gasteiger partial charge in [0.25, 0.3) is 0 Å². The zero-order valence-corrected chi connectivity index (χ0v) is 11.5. The summed E-state index contributed by atoms with van der Waals surface area (Å²) in [5.74, 6) is 0.252. The zero-order chi connectivity index (χ0) is 13.1. The van der Waals surface area contributed by atoms with E-state index in [0.717, 1.165) is 36.8 Å². The Morgan fingerprint density at radius 3 is 2.72 bits per heavy atom. The molecule has 3 nitrogen and oxygen atoms in total. The van der Waals surface area contributed by atoms with Gasteiger partial charge in [-0.25, -0.2) is 4.79 Å². The molecule has 2 aliphatic carbocycles. The number of aliphatic hydroxyl groups is 1. The molecule has 18 heavy (non-hydrogen) atoms. The van der Waals surface area contributed by atoms with E-state index >= 15 is 0 Å². The van der Waals surface area contributed by atoms with E-state index in [1.165, 1.54) is 6.42 Å². The molecular weight excluding hydrogens is 228 g/mol. The Kier molecular flexibility index (Phi) is 2.44. The fourth-order valence-electron chi connectivity index (χ4n) is 4.80. The topological polar surface area (TPSA) is 46.5 Å². The van der Waals surface area contributed by atoms with E-state index in [0.29, 0.717) is 5.92 Å². The van der Waals surface area contributed by atoms with Crippen molar-refractivity contribution in [2.75, 3.05) is 0 Å². The maximum atomic E-state index is 11.8. The van der Waals surface area contributed by atoms with Gasteiger partial charge in [0.2, 0.25) is 6.29 Å². The Bertz CT molecular complexity index is 435. The van der Waals surface area contributed by atoms with Crippen LogP contribution in [0.15, 0.2) is 11.1 Å². The minimum atomic E-state index is -0.991. The van der Waals surface area contributed by atoms with Crippen LogP contribution in [0.4, 0.5) is 0 Å². The summed E-state index contributed by atoms with van der Waals surface area (Å²) in [5, 5.41) is 10.1. The predicted octanol–water partition coefficient (Wildman–Crippen LogP) is 2.78. The molecule has 1 heterocycles. The summed E-state index contributed by atoms with van der Waals surface area (Å²) in [5.41, 5.74) is 1.90. The van der Waals surface area contributed by atoms with Crippen molar-refractivity contribution in [3.05, 3.63) is 11.1 Å². The molecule has 0 bridgehead atoms. The molecule has 3 unspecified atom stereocenters. The fraction of sp³-hybridized carbons (Fsp3) is 0.800. The van der Waals surface area contributed by atoms with E-state index in [2.05, 4.69) is 20.8 Å². The third kappa shape index (κ3) is 1.43. The second-order valence-corrected chi connectivity index (χ2v) is 7.00. The average Bonchev–Trinajstić information content (AvgIpc) is 2.54. The monoisotopic (exact) mass is 250 g/mol. The third-order valence-electron chi connectivity index (χ3n) is 5.57. The molecule has 0 saturated heterocycles. The van der Waals surface area contributed by atoms with Crippen molar-refractivity contribution in [3.63, 3.8) is 0 Å². The molecule has 0 aromatic rings. The number of carbonyl (C=O) groups is 1. The summed E-state index contributed by atoms with van der Waals surface area (Å²) < 4.78 is 5.03. The molecule has 0 aromatic carbocycles. The van der Waals surface area contributed by atoms with E-state index < -0.39 is 6.29 Å². The molecule has 3 heteroatoms. The minimum Gasteiger partial charge on any atom is -0.428 e. The molecule has 3 aliphatic rings. The van der Waals surface area contributed by atoms with Crippen LogP contribution in [0, 0.1) is 16.7 Å². The van der Waals surface area contributed by atoms with Crippen LogP contribution < -0.4 is 0 Å². The number of hydrogen-bond acceptors (Lipinski definition) is 3. The molecule has 3 rings (SSSR count). The predicted molar refractivity (Wildman–Crippen MR) is 67.6 cm³/mol. The molecule has 1 N–H and O–H groups in total. The molecule has 1 fully saturated rings. The van der Waals surface area contributed by atoms with Crippen molar-refractivity contribution in [2.45, 2.75) is 59.2 Å². The van der Waals surface area contributed by atoms with Crippen molar-refractivity contribution in [1.82, 2.24) is 0 Å². The lowest BCUT2D eigenvalue weighted by molar-refractivity contribution is -0.153. The zero-order valence-electron chi connectivity index (χ0n) is 11.5. The lowest BCUT2D eigenvalue weighted by Crippen LogP contribution is -2.46. The van der Waals surface area contributed by atoms with Gasteiger partial charge in [0, 0.05) is 11.1 Å². The van der Waals surface area contributed by atoms with Crippen LogP contribution in [0.1, 0.15) is 52.9 Å². The molecule has 0 spiro atoms. The van der Waals surface area contributed by atoms with E-state index in [9.17, 15) is 9.90 Å². The summed E-state index contributed by atoms with van der Waals surface area (Å²) in [6.45, 7) is 6.87. The van der Waals surface area contributed by atoms with Crippen molar-refractivity contribution >= 4 is 5.97 Å². The maximum absolute atomic E-state index is 11.8. The van der Waals surface area contributed by atoms with Gasteiger partial charge in [-0.05, 0) is 42.4 Å². The Balaban J connectivity index is 2.09. The Morgan fingerprint density at radius 2 is 2.00 bits per heavy atom. The van der Waals surface area contributed by atoms with Gasteiger partial charge in [-0.15, -0.1) is 0 Å². The highest BCUT2D eigenvalue weighted by molar-refractivity contribution is 5.92. The first-order valence-corrected chi connectivity index (χ1v) is 6.99. The molecule has 1 saturated carbocycles. The summed E-state index contributed by atoms with van der Waals surface area (Å²) in [4.78, 5) is 11.8. The van der Waals surface area contributed by atoms with Crippen molar-refractivity contribution in [2.24, 2.45) is 16.7 Å². The van der Waals surface area contributed by atoms with Gasteiger partial charge in [0.1, 0.15) is 0 Å². The number of fused-ring (bicyclic) bond motifs is 2. The number of carbonyl (C=O) groups excluding carboxylic acids is 1. The highest BCUT2D eigenvalue weighted by Gasteiger charge is 2.55. The smallest absolute Gasteiger partial charge is 0.336 e. The number of hydrogen-bond donors (Lipinski definition) is 1. The van der Waals surface area contributed by atoms with Gasteiger partial charge in [-0.2, -0.15) is 0 Å². The molecule has 3 atom stereocenters. The van der Waals surface area contributed by atoms with Gasteiger partial charge in [0.15, 0.2) is 0 Å².